The largest absolute Gasteiger partial charge is 0.406 e. The van der Waals surface area contributed by atoms with Crippen molar-refractivity contribution in [1.29, 1.82) is 0 Å². The number of hydroxylamine groups is 2. The summed E-state index contributed by atoms with van der Waals surface area (Å²) in [6.07, 6.45) is 3.72. The van der Waals surface area contributed by atoms with Crippen molar-refractivity contribution in [3.63, 3.8) is 0 Å². The topological polar surface area (TPSA) is 66.9 Å². The second-order valence-electron chi connectivity index (χ2n) is 4.34. The van der Waals surface area contributed by atoms with Crippen molar-refractivity contribution >= 4 is 0 Å². The Morgan fingerprint density at radius 1 is 1.06 bits per heavy atom. The molecule has 3 rings (SSSR count). The number of aromatic nitrogens is 4. The van der Waals surface area contributed by atoms with E-state index in [1.165, 1.54) is 19.3 Å². The maximum Gasteiger partial charge on any atom is 0.204 e. The third-order valence-corrected chi connectivity index (χ3v) is 3.01. The second-order valence-corrected chi connectivity index (χ2v) is 4.34. The van der Waals surface area contributed by atoms with Gasteiger partial charge in [0.05, 0.1) is 0 Å². The molecule has 0 spiro atoms. The van der Waals surface area contributed by atoms with E-state index in [9.17, 15) is 0 Å². The fraction of sp³-hybridized carbons (Fsp3) is 0.417. The van der Waals surface area contributed by atoms with E-state index in [4.69, 9.17) is 4.84 Å². The van der Waals surface area contributed by atoms with Crippen molar-refractivity contribution in [2.45, 2.75) is 19.3 Å². The molecule has 0 saturated carbocycles. The van der Waals surface area contributed by atoms with Gasteiger partial charge < -0.3 is 4.84 Å². The van der Waals surface area contributed by atoms with Crippen LogP contribution in [0.5, 0.6) is 5.75 Å². The van der Waals surface area contributed by atoms with Crippen molar-refractivity contribution in [3.8, 4) is 17.1 Å². The zero-order chi connectivity index (χ0) is 12.2. The van der Waals surface area contributed by atoms with E-state index >= 15 is 0 Å². The molecule has 1 N–H and O–H groups in total. The maximum atomic E-state index is 5.80. The minimum absolute atomic E-state index is 0.597. The van der Waals surface area contributed by atoms with E-state index in [0.29, 0.717) is 5.82 Å². The highest BCUT2D eigenvalue weighted by Crippen LogP contribution is 2.20. The summed E-state index contributed by atoms with van der Waals surface area (Å²) in [5, 5.41) is 15.9. The van der Waals surface area contributed by atoms with Crippen LogP contribution in [-0.2, 0) is 0 Å². The third kappa shape index (κ3) is 2.48. The minimum atomic E-state index is 0.597. The molecule has 0 aliphatic carbocycles. The zero-order valence-electron chi connectivity index (χ0n) is 10.0. The van der Waals surface area contributed by atoms with E-state index in [1.54, 1.807) is 0 Å². The van der Waals surface area contributed by atoms with Crippen LogP contribution in [0, 0.1) is 0 Å². The standard InChI is InChI=1S/C12H15N5O/c1-2-8-17(9-3-1)18-11-6-4-10(5-7-11)12-13-15-16-14-12/h4-7H,1-3,8-9H2,(H,13,14,15,16). The van der Waals surface area contributed by atoms with Gasteiger partial charge in [-0.25, -0.2) is 0 Å². The summed E-state index contributed by atoms with van der Waals surface area (Å²) in [5.41, 5.74) is 0.926. The van der Waals surface area contributed by atoms with Crippen molar-refractivity contribution < 1.29 is 4.84 Å². The first-order chi connectivity index (χ1) is 8.92. The number of nitrogens with one attached hydrogen (secondary N) is 1. The van der Waals surface area contributed by atoms with E-state index in [2.05, 4.69) is 20.6 Å². The van der Waals surface area contributed by atoms with E-state index in [0.717, 1.165) is 24.4 Å². The molecule has 1 aromatic heterocycles. The third-order valence-electron chi connectivity index (χ3n) is 3.01. The van der Waals surface area contributed by atoms with Gasteiger partial charge >= 0.3 is 0 Å². The molecule has 1 fully saturated rings. The van der Waals surface area contributed by atoms with Crippen LogP contribution < -0.4 is 4.84 Å². The first-order valence-corrected chi connectivity index (χ1v) is 6.18. The Morgan fingerprint density at radius 3 is 2.50 bits per heavy atom. The highest BCUT2D eigenvalue weighted by Gasteiger charge is 2.11. The number of rotatable bonds is 3. The van der Waals surface area contributed by atoms with Crippen LogP contribution in [0.2, 0.25) is 0 Å². The molecule has 6 heteroatoms. The van der Waals surface area contributed by atoms with Gasteiger partial charge in [-0.3, -0.25) is 0 Å². The molecule has 0 bridgehead atoms. The number of nitrogens with zero attached hydrogens (tertiary/aromatic N) is 4. The van der Waals surface area contributed by atoms with Gasteiger partial charge in [0, 0.05) is 18.7 Å². The number of hydrogen-bond donors (Lipinski definition) is 1. The quantitative estimate of drug-likeness (QED) is 0.890. The zero-order valence-corrected chi connectivity index (χ0v) is 10.0. The van der Waals surface area contributed by atoms with Gasteiger partial charge in [0.2, 0.25) is 5.82 Å². The molecule has 2 heterocycles. The highest BCUT2D eigenvalue weighted by molar-refractivity contribution is 5.54. The van der Waals surface area contributed by atoms with Crippen molar-refractivity contribution in [1.82, 2.24) is 25.7 Å². The lowest BCUT2D eigenvalue weighted by Gasteiger charge is -2.25. The average Bonchev–Trinajstić information content (AvgIpc) is 2.95. The number of H-pyrrole nitrogens is 1. The van der Waals surface area contributed by atoms with Crippen LogP contribution in [0.15, 0.2) is 24.3 Å². The number of tetrazole rings is 1. The predicted octanol–water partition coefficient (Wildman–Crippen LogP) is 1.65. The second kappa shape index (κ2) is 5.14. The average molecular weight is 245 g/mol. The molecule has 2 aromatic rings. The summed E-state index contributed by atoms with van der Waals surface area (Å²) in [6, 6.07) is 7.73. The molecular formula is C12H15N5O. The summed E-state index contributed by atoms with van der Waals surface area (Å²) in [5.74, 6) is 1.45. The molecule has 0 amide bonds. The van der Waals surface area contributed by atoms with E-state index in [1.807, 2.05) is 29.3 Å². The lowest BCUT2D eigenvalue weighted by atomic mass is 10.2. The molecule has 0 unspecified atom stereocenters. The van der Waals surface area contributed by atoms with Crippen molar-refractivity contribution in [3.05, 3.63) is 24.3 Å². The van der Waals surface area contributed by atoms with E-state index in [-0.39, 0.29) is 0 Å². The fourth-order valence-electron chi connectivity index (χ4n) is 2.05. The predicted molar refractivity (Wildman–Crippen MR) is 65.7 cm³/mol. The van der Waals surface area contributed by atoms with Crippen LogP contribution in [0.25, 0.3) is 11.4 Å². The molecule has 0 atom stereocenters. The lowest BCUT2D eigenvalue weighted by molar-refractivity contribution is -0.0719. The monoisotopic (exact) mass is 245 g/mol. The number of benzene rings is 1. The van der Waals surface area contributed by atoms with Gasteiger partial charge in [0.15, 0.2) is 0 Å². The van der Waals surface area contributed by atoms with Gasteiger partial charge in [-0.15, -0.1) is 15.3 Å². The Hall–Kier alpha value is -1.95. The SMILES string of the molecule is c1cc(-c2nn[nH]n2)ccc1ON1CCCCC1. The van der Waals surface area contributed by atoms with Gasteiger partial charge in [0.25, 0.3) is 0 Å². The Morgan fingerprint density at radius 2 is 1.83 bits per heavy atom. The Kier molecular flexibility index (Phi) is 3.18. The van der Waals surface area contributed by atoms with Gasteiger partial charge in [-0.05, 0) is 42.3 Å². The first kappa shape index (κ1) is 11.2. The first-order valence-electron chi connectivity index (χ1n) is 6.18. The molecule has 6 nitrogen and oxygen atoms in total. The fourth-order valence-corrected chi connectivity index (χ4v) is 2.05. The van der Waals surface area contributed by atoms with E-state index < -0.39 is 0 Å². The van der Waals surface area contributed by atoms with Crippen LogP contribution in [0.3, 0.4) is 0 Å². The van der Waals surface area contributed by atoms with Crippen LogP contribution in [0.1, 0.15) is 19.3 Å². The van der Waals surface area contributed by atoms with Gasteiger partial charge in [0.1, 0.15) is 5.75 Å². The molecule has 94 valence electrons. The van der Waals surface area contributed by atoms with Crippen LogP contribution in [0.4, 0.5) is 0 Å². The summed E-state index contributed by atoms with van der Waals surface area (Å²) in [4.78, 5) is 5.80. The minimum Gasteiger partial charge on any atom is -0.406 e. The van der Waals surface area contributed by atoms with Gasteiger partial charge in [-0.2, -0.15) is 5.21 Å². The normalized spacial score (nSPS) is 16.7. The van der Waals surface area contributed by atoms with Crippen molar-refractivity contribution in [2.75, 3.05) is 13.1 Å². The summed E-state index contributed by atoms with van der Waals surface area (Å²) in [7, 11) is 0. The highest BCUT2D eigenvalue weighted by atomic mass is 16.7. The number of hydrogen-bond acceptors (Lipinski definition) is 5. The Balaban J connectivity index is 1.67. The number of piperidine rings is 1. The smallest absolute Gasteiger partial charge is 0.204 e. The molecule has 1 saturated heterocycles. The molecule has 0 radical (unpaired) electrons. The molecule has 1 aromatic carbocycles. The Bertz CT molecular complexity index is 476. The molecule has 1 aliphatic rings. The number of aromatic amines is 1. The van der Waals surface area contributed by atoms with Crippen LogP contribution in [-0.4, -0.2) is 38.8 Å². The molecule has 1 aliphatic heterocycles. The summed E-state index contributed by atoms with van der Waals surface area (Å²) < 4.78 is 0. The summed E-state index contributed by atoms with van der Waals surface area (Å²) in [6.45, 7) is 2.01. The Labute approximate surface area is 105 Å². The maximum absolute atomic E-state index is 5.80. The van der Waals surface area contributed by atoms with Crippen LogP contribution >= 0.6 is 0 Å². The summed E-state index contributed by atoms with van der Waals surface area (Å²) >= 11 is 0. The van der Waals surface area contributed by atoms with Gasteiger partial charge in [-0.1, -0.05) is 6.42 Å². The molecular weight excluding hydrogens is 230 g/mol. The van der Waals surface area contributed by atoms with Crippen molar-refractivity contribution in [2.24, 2.45) is 0 Å². The molecule has 18 heavy (non-hydrogen) atoms. The lowest BCUT2D eigenvalue weighted by Crippen LogP contribution is -2.32.